The van der Waals surface area contributed by atoms with Crippen LogP contribution in [-0.2, 0) is 12.8 Å². The zero-order valence-electron chi connectivity index (χ0n) is 29.8. The van der Waals surface area contributed by atoms with Gasteiger partial charge in [-0.15, -0.1) is 22.7 Å². The number of allylic oxidation sites excluding steroid dienone is 2. The highest BCUT2D eigenvalue weighted by atomic mass is 32.1. The van der Waals surface area contributed by atoms with E-state index in [1.165, 1.54) is 50.4 Å². The van der Waals surface area contributed by atoms with Gasteiger partial charge in [-0.1, -0.05) is 89.7 Å². The van der Waals surface area contributed by atoms with Crippen molar-refractivity contribution >= 4 is 85.5 Å². The van der Waals surface area contributed by atoms with Gasteiger partial charge in [-0.2, -0.15) is 8.75 Å². The maximum atomic E-state index is 14.6. The predicted octanol–water partition coefficient (Wildman–Crippen LogP) is 11.2. The van der Waals surface area contributed by atoms with Gasteiger partial charge in [0.05, 0.1) is 39.0 Å². The monoisotopic (exact) mass is 729 g/mol. The summed E-state index contributed by atoms with van der Waals surface area (Å²) in [5, 5.41) is 3.13. The van der Waals surface area contributed by atoms with Gasteiger partial charge in [0.2, 0.25) is 0 Å². The van der Waals surface area contributed by atoms with Crippen LogP contribution < -0.4 is 0 Å². The van der Waals surface area contributed by atoms with Crippen LogP contribution in [0.1, 0.15) is 88.1 Å². The number of rotatable bonds is 11. The number of carbonyl (C=O) groups is 2. The molecule has 1 aliphatic heterocycles. The first-order valence-electron chi connectivity index (χ1n) is 17.5. The van der Waals surface area contributed by atoms with Crippen LogP contribution in [0, 0.1) is 11.8 Å². The number of aromatic nitrogens is 2. The molecule has 1 aromatic carbocycles. The van der Waals surface area contributed by atoms with Crippen molar-refractivity contribution in [1.82, 2.24) is 13.6 Å². The lowest BCUT2D eigenvalue weighted by Crippen LogP contribution is -2.31. The molecule has 1 unspecified atom stereocenters. The average Bonchev–Trinajstić information content (AvgIpc) is 3.80. The minimum atomic E-state index is -1.41. The number of carbonyl (C=O) groups excluding carboxylic acids is 2. The molecule has 2 aliphatic carbocycles. The lowest BCUT2D eigenvalue weighted by molar-refractivity contribution is 0.0646. The van der Waals surface area contributed by atoms with Gasteiger partial charge in [0.15, 0.2) is 0 Å². The van der Waals surface area contributed by atoms with E-state index in [4.69, 9.17) is 8.75 Å². The highest BCUT2D eigenvalue weighted by Crippen LogP contribution is 2.51. The van der Waals surface area contributed by atoms with Crippen molar-refractivity contribution in [3.05, 3.63) is 54.5 Å². The van der Waals surface area contributed by atoms with Crippen LogP contribution in [0.5, 0.6) is 0 Å². The molecule has 0 radical (unpaired) electrons. The first-order valence-corrected chi connectivity index (χ1v) is 26.8. The van der Waals surface area contributed by atoms with E-state index in [9.17, 15) is 9.59 Å². The minimum Gasteiger partial charge on any atom is -0.274 e. The Labute approximate surface area is 299 Å². The Kier molecular flexibility index (Phi) is 8.75. The molecule has 0 fully saturated rings. The van der Waals surface area contributed by atoms with Crippen molar-refractivity contribution < 1.29 is 9.59 Å². The number of nitrogens with zero attached hydrogens (tertiary/aromatic N) is 3. The van der Waals surface area contributed by atoms with Crippen LogP contribution in [0.25, 0.3) is 44.1 Å². The third-order valence-electron chi connectivity index (χ3n) is 10.4. The van der Waals surface area contributed by atoms with Gasteiger partial charge in [-0.3, -0.25) is 14.5 Å². The normalized spacial score (nSPS) is 16.7. The van der Waals surface area contributed by atoms with Gasteiger partial charge < -0.3 is 0 Å². The van der Waals surface area contributed by atoms with Gasteiger partial charge in [-0.05, 0) is 66.5 Å². The summed E-state index contributed by atoms with van der Waals surface area (Å²) in [6.45, 7) is 21.6. The van der Waals surface area contributed by atoms with Crippen molar-refractivity contribution in [3.8, 4) is 20.9 Å². The number of amides is 2. The predicted molar refractivity (Wildman–Crippen MR) is 212 cm³/mol. The molecule has 0 N–H and O–H groups in total. The lowest BCUT2D eigenvalue weighted by Gasteiger charge is -2.18. The molecule has 3 aromatic heterocycles. The van der Waals surface area contributed by atoms with E-state index < -0.39 is 16.1 Å². The summed E-state index contributed by atoms with van der Waals surface area (Å²) in [5.74, 6) is 0.784. The highest BCUT2D eigenvalue weighted by molar-refractivity contribution is 7.17. The Balaban J connectivity index is 1.34. The van der Waals surface area contributed by atoms with Gasteiger partial charge in [-0.25, -0.2) is 0 Å². The summed E-state index contributed by atoms with van der Waals surface area (Å²) in [6, 6.07) is 4.52. The van der Waals surface area contributed by atoms with Crippen LogP contribution in [0.2, 0.25) is 39.3 Å². The Morgan fingerprint density at radius 3 is 1.60 bits per heavy atom. The number of thiophene rings is 2. The SMILES string of the molecule is CC(C)CCCC(C)CCN1C(=O)c2c(c(-c3cc4c(s3)C=C([Si](C)(C)C)C4)c3nsnc3c2-c2cc3c(s2)C=C([Si](C)(C)C)C3)C1=O. The second-order valence-corrected chi connectivity index (χ2v) is 29.6. The topological polar surface area (TPSA) is 63.2 Å². The average molecular weight is 730 g/mol. The number of hydrogen-bond donors (Lipinski definition) is 0. The van der Waals surface area contributed by atoms with E-state index in [0.29, 0.717) is 29.5 Å². The lowest BCUT2D eigenvalue weighted by atomic mass is 9.93. The molecular formula is C38H47N3O2S3Si2. The van der Waals surface area contributed by atoms with Gasteiger partial charge in [0, 0.05) is 37.2 Å². The maximum absolute atomic E-state index is 14.6. The van der Waals surface area contributed by atoms with E-state index in [1.54, 1.807) is 33.1 Å². The highest BCUT2D eigenvalue weighted by Gasteiger charge is 2.43. The van der Waals surface area contributed by atoms with E-state index in [0.717, 1.165) is 57.6 Å². The molecule has 10 heteroatoms. The largest absolute Gasteiger partial charge is 0.274 e. The minimum absolute atomic E-state index is 0.174. The number of benzene rings is 1. The first kappa shape index (κ1) is 34.0. The second-order valence-electron chi connectivity index (χ2n) is 16.6. The molecular weight excluding hydrogens is 683 g/mol. The molecule has 0 spiro atoms. The molecule has 5 nitrogen and oxygen atoms in total. The van der Waals surface area contributed by atoms with E-state index in [1.807, 2.05) is 0 Å². The standard InChI is InChI=1S/C38H47N3O2S3Si2/c1-21(2)11-10-12-22(3)13-14-41-37(42)33-31(29-17-23-15-25(47(4,5)6)19-27(23)44-29)35-36(40-46-39-35)32(34(33)38(41)43)30-18-24-16-26(48(7,8)9)20-28(24)45-30/h17-22H,10-16H2,1-9H3. The molecule has 7 rings (SSSR count). The summed E-state index contributed by atoms with van der Waals surface area (Å²) >= 11 is 4.65. The summed E-state index contributed by atoms with van der Waals surface area (Å²) in [5.41, 5.74) is 6.81. The van der Waals surface area contributed by atoms with E-state index >= 15 is 0 Å². The molecule has 252 valence electrons. The summed E-state index contributed by atoms with van der Waals surface area (Å²) in [6.07, 6.45) is 11.0. The fourth-order valence-corrected chi connectivity index (χ4v) is 13.1. The molecule has 4 heterocycles. The number of fused-ring (bicyclic) bond motifs is 4. The summed E-state index contributed by atoms with van der Waals surface area (Å²) in [7, 11) is -2.83. The van der Waals surface area contributed by atoms with Crippen LogP contribution in [-0.4, -0.2) is 48.2 Å². The first-order chi connectivity index (χ1) is 22.6. The Hall–Kier alpha value is -2.51. The van der Waals surface area contributed by atoms with Crippen molar-refractivity contribution in [2.75, 3.05) is 6.54 Å². The molecule has 48 heavy (non-hydrogen) atoms. The van der Waals surface area contributed by atoms with Crippen molar-refractivity contribution in [3.63, 3.8) is 0 Å². The summed E-state index contributed by atoms with van der Waals surface area (Å²) < 4.78 is 9.71. The van der Waals surface area contributed by atoms with Gasteiger partial charge in [0.25, 0.3) is 11.8 Å². The van der Waals surface area contributed by atoms with Crippen LogP contribution in [0.4, 0.5) is 0 Å². The Bertz CT molecular complexity index is 1900. The van der Waals surface area contributed by atoms with Crippen molar-refractivity contribution in [2.45, 2.75) is 98.6 Å². The molecule has 4 aromatic rings. The third kappa shape index (κ3) is 5.99. The molecule has 0 saturated carbocycles. The smallest absolute Gasteiger partial charge is 0.262 e. The maximum Gasteiger partial charge on any atom is 0.262 e. The quantitative estimate of drug-likeness (QED) is 0.114. The van der Waals surface area contributed by atoms with Crippen molar-refractivity contribution in [1.29, 1.82) is 0 Å². The van der Waals surface area contributed by atoms with Crippen molar-refractivity contribution in [2.24, 2.45) is 11.8 Å². The Morgan fingerprint density at radius 1 is 0.708 bits per heavy atom. The molecule has 0 bridgehead atoms. The van der Waals surface area contributed by atoms with Crippen LogP contribution >= 0.6 is 34.4 Å². The molecule has 3 aliphatic rings. The number of hydrogen-bond acceptors (Lipinski definition) is 7. The van der Waals surface area contributed by atoms with Gasteiger partial charge in [0.1, 0.15) is 11.0 Å². The van der Waals surface area contributed by atoms with Crippen LogP contribution in [0.15, 0.2) is 22.5 Å². The fraction of sp³-hybridized carbons (Fsp3) is 0.474. The fourth-order valence-electron chi connectivity index (χ4n) is 7.29. The molecule has 0 saturated heterocycles. The zero-order valence-corrected chi connectivity index (χ0v) is 34.2. The molecule has 2 amide bonds. The zero-order chi connectivity index (χ0) is 34.3. The third-order valence-corrected chi connectivity index (χ3v) is 17.7. The summed E-state index contributed by atoms with van der Waals surface area (Å²) in [4.78, 5) is 35.3. The van der Waals surface area contributed by atoms with Gasteiger partial charge >= 0.3 is 0 Å². The van der Waals surface area contributed by atoms with E-state index in [2.05, 4.69) is 84.3 Å². The second kappa shape index (κ2) is 12.4. The molecule has 1 atom stereocenters. The Morgan fingerprint density at radius 2 is 1.19 bits per heavy atom. The van der Waals surface area contributed by atoms with E-state index in [-0.39, 0.29) is 11.8 Å². The van der Waals surface area contributed by atoms with Crippen LogP contribution in [0.3, 0.4) is 0 Å². The number of imide groups is 1.